The molecule has 1 unspecified atom stereocenters. The molecule has 1 saturated heterocycles. The number of hydrogen-bond acceptors (Lipinski definition) is 7. The van der Waals surface area contributed by atoms with E-state index in [-0.39, 0.29) is 5.82 Å². The van der Waals surface area contributed by atoms with Crippen LogP contribution < -0.4 is 11.4 Å². The van der Waals surface area contributed by atoms with Crippen molar-refractivity contribution >= 4 is 5.82 Å². The number of ether oxygens (including phenoxy) is 1. The molecule has 0 spiro atoms. The summed E-state index contributed by atoms with van der Waals surface area (Å²) in [5.74, 6) is 0.0537. The third-order valence-electron chi connectivity index (χ3n) is 2.64. The van der Waals surface area contributed by atoms with Gasteiger partial charge in [0.15, 0.2) is 6.23 Å². The van der Waals surface area contributed by atoms with Gasteiger partial charge in [-0.05, 0) is 6.07 Å². The van der Waals surface area contributed by atoms with Crippen LogP contribution in [0.4, 0.5) is 5.82 Å². The van der Waals surface area contributed by atoms with Crippen molar-refractivity contribution in [3.63, 3.8) is 0 Å². The monoisotopic (exact) mass is 243 g/mol. The van der Waals surface area contributed by atoms with E-state index in [9.17, 15) is 15.0 Å². The molecule has 0 radical (unpaired) electrons. The SMILES string of the molecule is Nc1ccn([C@@H]2OC(CO)[C@@H](O)[C@H]2O)c(=O)n1. The maximum absolute atomic E-state index is 11.5. The predicted molar refractivity (Wildman–Crippen MR) is 55.9 cm³/mol. The van der Waals surface area contributed by atoms with Crippen molar-refractivity contribution in [2.75, 3.05) is 12.3 Å². The number of rotatable bonds is 2. The first-order chi connectivity index (χ1) is 8.04. The van der Waals surface area contributed by atoms with Gasteiger partial charge in [0.1, 0.15) is 24.1 Å². The molecule has 8 heteroatoms. The molecule has 5 N–H and O–H groups in total. The lowest BCUT2D eigenvalue weighted by molar-refractivity contribution is -0.0549. The summed E-state index contributed by atoms with van der Waals surface area (Å²) in [7, 11) is 0. The average molecular weight is 243 g/mol. The van der Waals surface area contributed by atoms with E-state index in [1.54, 1.807) is 0 Å². The van der Waals surface area contributed by atoms with E-state index in [0.717, 1.165) is 4.57 Å². The molecule has 1 aliphatic heterocycles. The van der Waals surface area contributed by atoms with Crippen molar-refractivity contribution in [3.8, 4) is 0 Å². The molecular weight excluding hydrogens is 230 g/mol. The van der Waals surface area contributed by atoms with Crippen LogP contribution in [0.25, 0.3) is 0 Å². The molecule has 94 valence electrons. The van der Waals surface area contributed by atoms with Crippen molar-refractivity contribution in [1.82, 2.24) is 9.55 Å². The van der Waals surface area contributed by atoms with Crippen LogP contribution in [0, 0.1) is 0 Å². The summed E-state index contributed by atoms with van der Waals surface area (Å²) < 4.78 is 6.19. The molecule has 0 amide bonds. The first-order valence-corrected chi connectivity index (χ1v) is 5.01. The lowest BCUT2D eigenvalue weighted by Gasteiger charge is -2.16. The van der Waals surface area contributed by atoms with Crippen LogP contribution in [-0.2, 0) is 4.74 Å². The largest absolute Gasteiger partial charge is 0.394 e. The molecule has 17 heavy (non-hydrogen) atoms. The van der Waals surface area contributed by atoms with E-state index in [2.05, 4.69) is 4.98 Å². The smallest absolute Gasteiger partial charge is 0.351 e. The van der Waals surface area contributed by atoms with Gasteiger partial charge in [-0.1, -0.05) is 0 Å². The Labute approximate surface area is 95.9 Å². The van der Waals surface area contributed by atoms with Crippen molar-refractivity contribution in [2.24, 2.45) is 0 Å². The maximum Gasteiger partial charge on any atom is 0.351 e. The van der Waals surface area contributed by atoms with Crippen molar-refractivity contribution in [3.05, 3.63) is 22.7 Å². The second-order valence-corrected chi connectivity index (χ2v) is 3.77. The fourth-order valence-electron chi connectivity index (χ4n) is 1.73. The third-order valence-corrected chi connectivity index (χ3v) is 2.64. The summed E-state index contributed by atoms with van der Waals surface area (Å²) in [6.45, 7) is -0.453. The third kappa shape index (κ3) is 2.03. The minimum atomic E-state index is -1.31. The molecule has 8 nitrogen and oxygen atoms in total. The number of hydrogen-bond donors (Lipinski definition) is 4. The number of nitrogen functional groups attached to an aromatic ring is 1. The molecule has 0 saturated carbocycles. The Morgan fingerprint density at radius 2 is 2.18 bits per heavy atom. The zero-order valence-electron chi connectivity index (χ0n) is 8.80. The van der Waals surface area contributed by atoms with Crippen LogP contribution in [0.5, 0.6) is 0 Å². The number of nitrogens with zero attached hydrogens (tertiary/aromatic N) is 2. The maximum atomic E-state index is 11.5. The van der Waals surface area contributed by atoms with Gasteiger partial charge in [-0.25, -0.2) is 4.79 Å². The van der Waals surface area contributed by atoms with Crippen LogP contribution >= 0.6 is 0 Å². The van der Waals surface area contributed by atoms with Gasteiger partial charge in [0, 0.05) is 6.20 Å². The topological polar surface area (TPSA) is 131 Å². The number of aliphatic hydroxyl groups is 3. The Balaban J connectivity index is 2.32. The van der Waals surface area contributed by atoms with Crippen molar-refractivity contribution in [1.29, 1.82) is 0 Å². The van der Waals surface area contributed by atoms with E-state index in [1.165, 1.54) is 12.3 Å². The molecule has 2 heterocycles. The van der Waals surface area contributed by atoms with Gasteiger partial charge in [0.2, 0.25) is 0 Å². The molecule has 1 aliphatic rings. The number of aromatic nitrogens is 2. The molecule has 0 aromatic carbocycles. The highest BCUT2D eigenvalue weighted by Gasteiger charge is 2.43. The minimum Gasteiger partial charge on any atom is -0.394 e. The van der Waals surface area contributed by atoms with Crippen LogP contribution in [0.3, 0.4) is 0 Å². The zero-order valence-corrected chi connectivity index (χ0v) is 8.80. The first-order valence-electron chi connectivity index (χ1n) is 5.01. The highest BCUT2D eigenvalue weighted by Crippen LogP contribution is 2.27. The molecule has 2 rings (SSSR count). The Kier molecular flexibility index (Phi) is 3.11. The van der Waals surface area contributed by atoms with E-state index in [0.29, 0.717) is 0 Å². The van der Waals surface area contributed by atoms with E-state index < -0.39 is 36.8 Å². The van der Waals surface area contributed by atoms with Gasteiger partial charge in [-0.2, -0.15) is 4.98 Å². The van der Waals surface area contributed by atoms with E-state index in [4.69, 9.17) is 15.6 Å². The average Bonchev–Trinajstić information content (AvgIpc) is 2.57. The Morgan fingerprint density at radius 3 is 2.71 bits per heavy atom. The summed E-state index contributed by atoms with van der Waals surface area (Å²) in [4.78, 5) is 15.0. The summed E-state index contributed by atoms with van der Waals surface area (Å²) in [6.07, 6.45) is -3.27. The molecule has 1 aromatic heterocycles. The quantitative estimate of drug-likeness (QED) is 0.449. The Morgan fingerprint density at radius 1 is 1.47 bits per heavy atom. The molecule has 1 fully saturated rings. The number of nitrogens with two attached hydrogens (primary N) is 1. The summed E-state index contributed by atoms with van der Waals surface area (Å²) in [6, 6.07) is 1.37. The fourth-order valence-corrected chi connectivity index (χ4v) is 1.73. The van der Waals surface area contributed by atoms with Gasteiger partial charge >= 0.3 is 5.69 Å². The van der Waals surface area contributed by atoms with Crippen LogP contribution in [0.1, 0.15) is 6.23 Å². The normalized spacial score (nSPS) is 32.9. The summed E-state index contributed by atoms with van der Waals surface area (Å²) in [5.41, 5.74) is 4.63. The van der Waals surface area contributed by atoms with Gasteiger partial charge in [-0.15, -0.1) is 0 Å². The van der Waals surface area contributed by atoms with E-state index >= 15 is 0 Å². The van der Waals surface area contributed by atoms with Crippen LogP contribution in [0.2, 0.25) is 0 Å². The summed E-state index contributed by atoms with van der Waals surface area (Å²) in [5, 5.41) is 28.2. The predicted octanol–water partition coefficient (Wildman–Crippen LogP) is -2.56. The highest BCUT2D eigenvalue weighted by molar-refractivity contribution is 5.23. The number of aliphatic hydroxyl groups excluding tert-OH is 3. The second kappa shape index (κ2) is 4.41. The van der Waals surface area contributed by atoms with Crippen molar-refractivity contribution in [2.45, 2.75) is 24.5 Å². The Bertz CT molecular complexity index is 462. The van der Waals surface area contributed by atoms with Gasteiger partial charge in [-0.3, -0.25) is 4.57 Å². The van der Waals surface area contributed by atoms with Crippen LogP contribution in [0.15, 0.2) is 17.1 Å². The molecule has 0 aliphatic carbocycles. The summed E-state index contributed by atoms with van der Waals surface area (Å²) >= 11 is 0. The van der Waals surface area contributed by atoms with Crippen LogP contribution in [-0.4, -0.2) is 49.8 Å². The molecule has 1 aromatic rings. The van der Waals surface area contributed by atoms with Gasteiger partial charge < -0.3 is 25.8 Å². The Hall–Kier alpha value is -1.48. The lowest BCUT2D eigenvalue weighted by Crippen LogP contribution is -2.36. The molecule has 4 atom stereocenters. The zero-order chi connectivity index (χ0) is 12.6. The van der Waals surface area contributed by atoms with Crippen molar-refractivity contribution < 1.29 is 20.1 Å². The molecular formula is C9H13N3O5. The van der Waals surface area contributed by atoms with Gasteiger partial charge in [0.25, 0.3) is 0 Å². The highest BCUT2D eigenvalue weighted by atomic mass is 16.6. The standard InChI is InChI=1S/C9H13N3O5/c10-5-1-2-12(9(16)11-5)8-7(15)6(14)4(3-13)17-8/h1-2,4,6-8,13-15H,3H2,(H2,10,11,16)/t4?,6-,7-,8-/m1/s1. The second-order valence-electron chi connectivity index (χ2n) is 3.77. The molecule has 0 bridgehead atoms. The van der Waals surface area contributed by atoms with Gasteiger partial charge in [0.05, 0.1) is 6.61 Å². The van der Waals surface area contributed by atoms with E-state index in [1.807, 2.05) is 0 Å². The first kappa shape index (κ1) is 12.0. The lowest BCUT2D eigenvalue weighted by atomic mass is 10.1. The fraction of sp³-hybridized carbons (Fsp3) is 0.556. The number of anilines is 1. The minimum absolute atomic E-state index is 0.0537.